The summed E-state index contributed by atoms with van der Waals surface area (Å²) in [5, 5.41) is 15.9. The summed E-state index contributed by atoms with van der Waals surface area (Å²) in [5.74, 6) is 5.30. The molecule has 6 rings (SSSR count). The van der Waals surface area contributed by atoms with Gasteiger partial charge in [-0.05, 0) is 41.2 Å². The second-order valence-electron chi connectivity index (χ2n) is 9.00. The molecule has 6 heterocycles. The van der Waals surface area contributed by atoms with E-state index in [1.807, 2.05) is 247 Å². The molecule has 0 bridgehead atoms. The molecule has 0 N–H and O–H groups in total. The summed E-state index contributed by atoms with van der Waals surface area (Å²) in [6.07, 6.45) is 9.34. The van der Waals surface area contributed by atoms with Crippen LogP contribution in [0.1, 0.15) is 6.42 Å². The molecule has 51 heavy (non-hydrogen) atoms. The van der Waals surface area contributed by atoms with Crippen molar-refractivity contribution in [2.45, 2.75) is 6.42 Å². The smallest absolute Gasteiger partial charge is 0.0717 e. The third-order valence-electron chi connectivity index (χ3n) is 5.80. The quantitative estimate of drug-likeness (QED) is 0.129. The van der Waals surface area contributed by atoms with Gasteiger partial charge < -0.3 is 0 Å². The van der Waals surface area contributed by atoms with E-state index in [1.165, 1.54) is 63.6 Å². The van der Waals surface area contributed by atoms with E-state index in [2.05, 4.69) is 47.3 Å². The first-order valence-corrected chi connectivity index (χ1v) is 34.2. The molecule has 0 aromatic heterocycles. The molecule has 0 aliphatic carbocycles. The highest BCUT2D eigenvalue weighted by Crippen LogP contribution is 2.66. The van der Waals surface area contributed by atoms with E-state index in [9.17, 15) is 0 Å². The van der Waals surface area contributed by atoms with Crippen LogP contribution in [-0.2, 0) is 0 Å². The third-order valence-corrected chi connectivity index (χ3v) is 35.0. The first-order chi connectivity index (χ1) is 25.0. The van der Waals surface area contributed by atoms with Gasteiger partial charge in [-0.15, -0.1) is 106 Å². The minimum Gasteiger partial charge on any atom is -0.198 e. The molecule has 22 heteroatoms. The van der Waals surface area contributed by atoms with Gasteiger partial charge in [-0.1, -0.05) is 141 Å². The average Bonchev–Trinajstić information content (AvgIpc) is 4.00. The van der Waals surface area contributed by atoms with Crippen LogP contribution in [0.4, 0.5) is 0 Å². The highest BCUT2D eigenvalue weighted by atomic mass is 32.3. The molecule has 0 amide bonds. The van der Waals surface area contributed by atoms with Crippen molar-refractivity contribution in [2.75, 3.05) is 53.8 Å². The zero-order valence-corrected chi connectivity index (χ0v) is 44.1. The van der Waals surface area contributed by atoms with Crippen molar-refractivity contribution in [1.82, 2.24) is 0 Å². The fourth-order valence-electron chi connectivity index (χ4n) is 3.68. The van der Waals surface area contributed by atoms with Crippen molar-refractivity contribution in [3.8, 4) is 6.07 Å². The number of hydrogen-bond acceptors (Lipinski definition) is 22. The van der Waals surface area contributed by atoms with Crippen LogP contribution >= 0.6 is 247 Å². The molecule has 0 fully saturated rings. The van der Waals surface area contributed by atoms with E-state index in [-0.39, 0.29) is 0 Å². The van der Waals surface area contributed by atoms with Crippen LogP contribution in [0.25, 0.3) is 0 Å². The summed E-state index contributed by atoms with van der Waals surface area (Å²) in [6.45, 7) is 0. The molecule has 0 aromatic rings. The normalized spacial score (nSPS) is 21.0. The Morgan fingerprint density at radius 1 is 0.412 bits per heavy atom. The van der Waals surface area contributed by atoms with Gasteiger partial charge in [-0.25, -0.2) is 0 Å². The van der Waals surface area contributed by atoms with Crippen LogP contribution in [0, 0.1) is 11.3 Å². The molecule has 0 saturated heterocycles. The maximum Gasteiger partial charge on any atom is 0.0717 e. The van der Waals surface area contributed by atoms with Crippen LogP contribution in [0.15, 0.2) is 79.8 Å². The SMILES string of the molecule is CSC1=C(SC)SC(=C2SC=C(SCCSC3=C(SCCSC4=CSC(=C5SC(SC)=C(SC)S5)S4)SC(=C4SC=C(SCCC#N)S4)S3)S2)S1. The lowest BCUT2D eigenvalue weighted by atomic mass is 10.6. The molecular weight excluding hydrogens is 1040 g/mol. The summed E-state index contributed by atoms with van der Waals surface area (Å²) in [5.41, 5.74) is 0. The Morgan fingerprint density at radius 3 is 1.06 bits per heavy atom. The molecular formula is C29H27NS21. The van der Waals surface area contributed by atoms with Crippen LogP contribution in [0.5, 0.6) is 0 Å². The number of rotatable bonds is 17. The maximum absolute atomic E-state index is 8.96. The lowest BCUT2D eigenvalue weighted by Crippen LogP contribution is -1.86. The van der Waals surface area contributed by atoms with Crippen LogP contribution in [0.2, 0.25) is 0 Å². The van der Waals surface area contributed by atoms with Gasteiger partial charge in [0.1, 0.15) is 0 Å². The van der Waals surface area contributed by atoms with E-state index in [4.69, 9.17) is 5.26 Å². The predicted octanol–water partition coefficient (Wildman–Crippen LogP) is 18.1. The second-order valence-corrected chi connectivity index (χ2v) is 33.7. The number of hydrogen-bond donors (Lipinski definition) is 0. The van der Waals surface area contributed by atoms with Crippen molar-refractivity contribution < 1.29 is 0 Å². The largest absolute Gasteiger partial charge is 0.198 e. The van der Waals surface area contributed by atoms with Crippen LogP contribution in [-0.4, -0.2) is 53.8 Å². The zero-order chi connectivity index (χ0) is 35.6. The fraction of sp³-hybridized carbons (Fsp3) is 0.345. The Balaban J connectivity index is 0.987. The Labute approximate surface area is 392 Å². The van der Waals surface area contributed by atoms with E-state index in [0.29, 0.717) is 6.42 Å². The summed E-state index contributed by atoms with van der Waals surface area (Å²) < 4.78 is 21.5. The first kappa shape index (κ1) is 45.0. The van der Waals surface area contributed by atoms with Crippen molar-refractivity contribution in [3.63, 3.8) is 0 Å². The van der Waals surface area contributed by atoms with Gasteiger partial charge in [0.05, 0.1) is 69.6 Å². The summed E-state index contributed by atoms with van der Waals surface area (Å²) in [4.78, 5) is 0. The topological polar surface area (TPSA) is 23.8 Å². The molecule has 274 valence electrons. The van der Waals surface area contributed by atoms with Gasteiger partial charge in [0, 0.05) is 35.2 Å². The molecule has 6 aliphatic rings. The molecule has 0 unspecified atom stereocenters. The van der Waals surface area contributed by atoms with Gasteiger partial charge in [0.15, 0.2) is 0 Å². The molecule has 0 atom stereocenters. The Kier molecular flexibility index (Phi) is 21.3. The van der Waals surface area contributed by atoms with Crippen molar-refractivity contribution in [1.29, 1.82) is 5.26 Å². The minimum atomic E-state index is 0.599. The monoisotopic (exact) mass is 1060 g/mol. The highest BCUT2D eigenvalue weighted by molar-refractivity contribution is 8.45. The molecule has 0 radical (unpaired) electrons. The van der Waals surface area contributed by atoms with Gasteiger partial charge in [-0.2, -0.15) is 5.26 Å². The summed E-state index contributed by atoms with van der Waals surface area (Å²) >= 11 is 40.6. The minimum absolute atomic E-state index is 0.599. The maximum atomic E-state index is 8.96. The number of nitriles is 1. The Hall–Kier alpha value is 4.50. The third kappa shape index (κ3) is 13.2. The van der Waals surface area contributed by atoms with Gasteiger partial charge >= 0.3 is 0 Å². The Morgan fingerprint density at radius 2 is 0.725 bits per heavy atom. The van der Waals surface area contributed by atoms with E-state index in [0.717, 1.165) is 28.8 Å². The molecule has 0 aromatic carbocycles. The fourth-order valence-corrected chi connectivity index (χ4v) is 31.6. The van der Waals surface area contributed by atoms with Crippen molar-refractivity contribution in [3.05, 3.63) is 79.8 Å². The highest BCUT2D eigenvalue weighted by Gasteiger charge is 2.30. The predicted molar refractivity (Wildman–Crippen MR) is 284 cm³/mol. The molecule has 0 spiro atoms. The van der Waals surface area contributed by atoms with Crippen molar-refractivity contribution >= 4 is 247 Å². The molecule has 0 saturated carbocycles. The van der Waals surface area contributed by atoms with Crippen LogP contribution < -0.4 is 0 Å². The van der Waals surface area contributed by atoms with E-state index >= 15 is 0 Å². The van der Waals surface area contributed by atoms with Gasteiger partial charge in [0.25, 0.3) is 0 Å². The average molecular weight is 1060 g/mol. The molecule has 1 nitrogen and oxygen atoms in total. The molecule has 6 aliphatic heterocycles. The van der Waals surface area contributed by atoms with Crippen molar-refractivity contribution in [2.24, 2.45) is 0 Å². The lowest BCUT2D eigenvalue weighted by Gasteiger charge is -2.06. The van der Waals surface area contributed by atoms with Gasteiger partial charge in [-0.3, -0.25) is 0 Å². The lowest BCUT2D eigenvalue weighted by molar-refractivity contribution is 1.24. The number of thioether (sulfide) groups is 21. The van der Waals surface area contributed by atoms with E-state index in [1.54, 1.807) is 0 Å². The number of nitrogens with zero attached hydrogens (tertiary/aromatic N) is 1. The standard InChI is InChI=1S/C29H27NS21/c1-31-18-19(32-2)47-27(46-18)24-41-13-16(44-24)36-8-10-38-22-23(51-29(50-22)26-40-12-15(43-26)35-7-5-6-30)39-11-9-37-17-14-42-25(45-17)28-48-20(33-3)21(34-4)49-28/h12-14H,5,7-11H2,1-4H3. The zero-order valence-electron chi connectivity index (χ0n) is 27.0. The van der Waals surface area contributed by atoms with Gasteiger partial charge in [0.2, 0.25) is 0 Å². The van der Waals surface area contributed by atoms with E-state index < -0.39 is 0 Å². The Bertz CT molecular complexity index is 1560. The summed E-state index contributed by atoms with van der Waals surface area (Å²) in [7, 11) is 0. The first-order valence-electron chi connectivity index (χ1n) is 14.4. The summed E-state index contributed by atoms with van der Waals surface area (Å²) in [6, 6.07) is 2.27. The van der Waals surface area contributed by atoms with Crippen LogP contribution in [0.3, 0.4) is 0 Å². The second kappa shape index (κ2) is 24.1.